The van der Waals surface area contributed by atoms with Crippen molar-refractivity contribution in [3.8, 4) is 0 Å². The van der Waals surface area contributed by atoms with Gasteiger partial charge < -0.3 is 4.79 Å². The van der Waals surface area contributed by atoms with Crippen LogP contribution in [0.3, 0.4) is 0 Å². The lowest BCUT2D eigenvalue weighted by molar-refractivity contribution is -0.114. The highest BCUT2D eigenvalue weighted by atomic mass is 32.2. The molecule has 0 aliphatic rings. The van der Waals surface area contributed by atoms with Crippen LogP contribution in [0.1, 0.15) is 6.92 Å². The molecule has 1 unspecified atom stereocenters. The number of nitrogens with one attached hydrogen (secondary N) is 1. The van der Waals surface area contributed by atoms with Gasteiger partial charge in [-0.25, -0.2) is 4.21 Å². The van der Waals surface area contributed by atoms with Gasteiger partial charge in [-0.1, -0.05) is 0 Å². The number of ketones is 1. The summed E-state index contributed by atoms with van der Waals surface area (Å²) in [6, 6.07) is 0. The van der Waals surface area contributed by atoms with Crippen molar-refractivity contribution >= 4 is 22.3 Å². The van der Waals surface area contributed by atoms with Gasteiger partial charge in [-0.05, 0) is 6.92 Å². The molecule has 0 amide bonds. The third-order valence-electron chi connectivity index (χ3n) is 0.479. The SMILES string of the molecule is C=O.CC(=O)CS(C)(=N)=O. The molecule has 0 spiro atoms. The summed E-state index contributed by atoms with van der Waals surface area (Å²) in [5, 5.41) is 0. The molecule has 0 aliphatic heterocycles. The molecule has 0 aliphatic carbocycles. The first-order valence-corrected chi connectivity index (χ1v) is 4.55. The first-order valence-electron chi connectivity index (χ1n) is 2.41. The third-order valence-corrected chi connectivity index (χ3v) is 1.44. The van der Waals surface area contributed by atoms with Crippen molar-refractivity contribution in [2.75, 3.05) is 12.0 Å². The van der Waals surface area contributed by atoms with E-state index >= 15 is 0 Å². The quantitative estimate of drug-likeness (QED) is 0.629. The van der Waals surface area contributed by atoms with Crippen molar-refractivity contribution in [1.82, 2.24) is 0 Å². The molecule has 0 aromatic rings. The van der Waals surface area contributed by atoms with E-state index in [1.165, 1.54) is 13.2 Å². The Morgan fingerprint density at radius 3 is 1.90 bits per heavy atom. The lowest BCUT2D eigenvalue weighted by Gasteiger charge is -1.91. The third kappa shape index (κ3) is 15.7. The molecule has 0 heterocycles. The predicted molar refractivity (Wildman–Crippen MR) is 39.5 cm³/mol. The van der Waals surface area contributed by atoms with Gasteiger partial charge in [-0.2, -0.15) is 0 Å². The van der Waals surface area contributed by atoms with Gasteiger partial charge in [0.1, 0.15) is 12.6 Å². The second-order valence-electron chi connectivity index (χ2n) is 1.85. The molecule has 0 saturated heterocycles. The maximum Gasteiger partial charge on any atom is 0.143 e. The van der Waals surface area contributed by atoms with E-state index in [1.54, 1.807) is 0 Å². The van der Waals surface area contributed by atoms with Crippen molar-refractivity contribution < 1.29 is 13.8 Å². The second-order valence-corrected chi connectivity index (χ2v) is 4.15. The molecule has 0 radical (unpaired) electrons. The molecule has 0 fully saturated rings. The number of carbonyl (C=O) groups excluding carboxylic acids is 2. The standard InChI is InChI=1S/C4H9NO2S.CH2O/c1-4(6)3-8(2,5)7;1-2/h5H,3H2,1-2H3;1H2. The van der Waals surface area contributed by atoms with Crippen molar-refractivity contribution in [3.63, 3.8) is 0 Å². The molecule has 60 valence electrons. The van der Waals surface area contributed by atoms with Gasteiger partial charge >= 0.3 is 0 Å². The van der Waals surface area contributed by atoms with Crippen LogP contribution >= 0.6 is 0 Å². The summed E-state index contributed by atoms with van der Waals surface area (Å²) in [5.41, 5.74) is 0. The highest BCUT2D eigenvalue weighted by molar-refractivity contribution is 7.92. The van der Waals surface area contributed by atoms with Gasteiger partial charge in [-0.3, -0.25) is 9.57 Å². The molecule has 0 bridgehead atoms. The van der Waals surface area contributed by atoms with Gasteiger partial charge in [0, 0.05) is 16.0 Å². The van der Waals surface area contributed by atoms with Gasteiger partial charge in [0.2, 0.25) is 0 Å². The van der Waals surface area contributed by atoms with Crippen LogP contribution in [-0.2, 0) is 19.3 Å². The first-order chi connectivity index (χ1) is 4.42. The van der Waals surface area contributed by atoms with E-state index in [9.17, 15) is 9.00 Å². The lowest BCUT2D eigenvalue weighted by atomic mass is 10.5. The fourth-order valence-electron chi connectivity index (χ4n) is 0.388. The number of carbonyl (C=O) groups is 2. The summed E-state index contributed by atoms with van der Waals surface area (Å²) >= 11 is 0. The fourth-order valence-corrected chi connectivity index (χ4v) is 1.16. The Labute approximate surface area is 60.6 Å². The van der Waals surface area contributed by atoms with Crippen LogP contribution in [0.15, 0.2) is 0 Å². The average molecular weight is 165 g/mol. The number of hydrogen-bond acceptors (Lipinski definition) is 4. The smallest absolute Gasteiger partial charge is 0.143 e. The van der Waals surface area contributed by atoms with Crippen molar-refractivity contribution in [1.29, 1.82) is 4.78 Å². The maximum absolute atomic E-state index is 10.4. The molecule has 10 heavy (non-hydrogen) atoms. The van der Waals surface area contributed by atoms with Crippen molar-refractivity contribution in [3.05, 3.63) is 0 Å². The minimum absolute atomic E-state index is 0.118. The largest absolute Gasteiger partial charge is 0.307 e. The summed E-state index contributed by atoms with van der Waals surface area (Å²) in [4.78, 5) is 18.2. The summed E-state index contributed by atoms with van der Waals surface area (Å²) in [6.07, 6.45) is 1.26. The Balaban J connectivity index is 0. The number of Topliss-reactive ketones (excluding diaryl/α,β-unsaturated/α-hetero) is 1. The van der Waals surface area contributed by atoms with Crippen molar-refractivity contribution in [2.45, 2.75) is 6.92 Å². The van der Waals surface area contributed by atoms with E-state index in [0.29, 0.717) is 0 Å². The van der Waals surface area contributed by atoms with Gasteiger partial charge in [0.25, 0.3) is 0 Å². The first kappa shape index (κ1) is 12.0. The fraction of sp³-hybridized carbons (Fsp3) is 0.600. The van der Waals surface area contributed by atoms with Crippen LogP contribution < -0.4 is 0 Å². The summed E-state index contributed by atoms with van der Waals surface area (Å²) in [6.45, 7) is 3.33. The molecule has 0 aromatic carbocycles. The Bertz CT molecular complexity index is 195. The predicted octanol–water partition coefficient (Wildman–Crippen LogP) is 0.0671. The summed E-state index contributed by atoms with van der Waals surface area (Å²) in [5.74, 6) is -0.306. The maximum atomic E-state index is 10.4. The number of hydrogen-bond donors (Lipinski definition) is 1. The minimum atomic E-state index is -2.57. The molecular formula is C5H11NO3S. The zero-order chi connectivity index (χ0) is 8.78. The lowest BCUT2D eigenvalue weighted by Crippen LogP contribution is -2.08. The molecule has 0 aromatic heterocycles. The zero-order valence-corrected chi connectivity index (χ0v) is 6.86. The highest BCUT2D eigenvalue weighted by Crippen LogP contribution is 1.83. The topological polar surface area (TPSA) is 75.1 Å². The molecule has 1 atom stereocenters. The van der Waals surface area contributed by atoms with Crippen LogP contribution in [0.2, 0.25) is 0 Å². The Morgan fingerprint density at radius 2 is 1.90 bits per heavy atom. The minimum Gasteiger partial charge on any atom is -0.307 e. The van der Waals surface area contributed by atoms with Crippen molar-refractivity contribution in [2.24, 2.45) is 0 Å². The normalized spacial score (nSPS) is 14.2. The van der Waals surface area contributed by atoms with Crippen LogP contribution in [0.5, 0.6) is 0 Å². The number of rotatable bonds is 2. The highest BCUT2D eigenvalue weighted by Gasteiger charge is 1.99. The molecular weight excluding hydrogens is 154 g/mol. The van der Waals surface area contributed by atoms with E-state index in [4.69, 9.17) is 9.57 Å². The van der Waals surface area contributed by atoms with Gasteiger partial charge in [0.05, 0.1) is 5.75 Å². The Morgan fingerprint density at radius 1 is 1.60 bits per heavy atom. The monoisotopic (exact) mass is 165 g/mol. The van der Waals surface area contributed by atoms with Crippen LogP contribution in [0, 0.1) is 4.78 Å². The van der Waals surface area contributed by atoms with Gasteiger partial charge in [0.15, 0.2) is 0 Å². The van der Waals surface area contributed by atoms with E-state index in [2.05, 4.69) is 0 Å². The van der Waals surface area contributed by atoms with E-state index in [1.807, 2.05) is 6.79 Å². The van der Waals surface area contributed by atoms with Gasteiger partial charge in [-0.15, -0.1) is 0 Å². The molecule has 5 heteroatoms. The Kier molecular flexibility index (Phi) is 6.13. The summed E-state index contributed by atoms with van der Waals surface area (Å²) in [7, 11) is -2.57. The molecule has 0 rings (SSSR count). The van der Waals surface area contributed by atoms with Crippen LogP contribution in [0.4, 0.5) is 0 Å². The molecule has 0 saturated carbocycles. The molecule has 1 N–H and O–H groups in total. The van der Waals surface area contributed by atoms with E-state index in [0.717, 1.165) is 0 Å². The second kappa shape index (κ2) is 5.10. The van der Waals surface area contributed by atoms with E-state index < -0.39 is 9.73 Å². The summed E-state index contributed by atoms with van der Waals surface area (Å²) < 4.78 is 17.2. The molecule has 4 nitrogen and oxygen atoms in total. The average Bonchev–Trinajstić information content (AvgIpc) is 1.64. The zero-order valence-electron chi connectivity index (χ0n) is 6.05. The van der Waals surface area contributed by atoms with Crippen LogP contribution in [0.25, 0.3) is 0 Å². The Hall–Kier alpha value is -0.710. The van der Waals surface area contributed by atoms with E-state index in [-0.39, 0.29) is 11.5 Å². The van der Waals surface area contributed by atoms with Crippen LogP contribution in [-0.4, -0.2) is 28.8 Å².